The Kier molecular flexibility index (Phi) is 3.12. The fourth-order valence-corrected chi connectivity index (χ4v) is 4.48. The first-order valence-electron chi connectivity index (χ1n) is 7.26. The van der Waals surface area contributed by atoms with Crippen LogP contribution in [0.2, 0.25) is 0 Å². The van der Waals surface area contributed by atoms with E-state index in [1.165, 1.54) is 32.1 Å². The van der Waals surface area contributed by atoms with Gasteiger partial charge in [-0.1, -0.05) is 19.3 Å². The molecule has 0 bridgehead atoms. The van der Waals surface area contributed by atoms with Crippen LogP contribution in [0.1, 0.15) is 51.4 Å². The van der Waals surface area contributed by atoms with Crippen molar-refractivity contribution >= 4 is 5.97 Å². The van der Waals surface area contributed by atoms with Crippen LogP contribution in [-0.2, 0) is 4.79 Å². The van der Waals surface area contributed by atoms with Gasteiger partial charge in [-0.3, -0.25) is 9.69 Å². The number of hydrogen-bond acceptors (Lipinski definition) is 2. The molecule has 4 atom stereocenters. The van der Waals surface area contributed by atoms with Gasteiger partial charge in [-0.2, -0.15) is 0 Å². The zero-order valence-electron chi connectivity index (χ0n) is 10.5. The highest BCUT2D eigenvalue weighted by Gasteiger charge is 2.44. The molecule has 1 aliphatic heterocycles. The smallest absolute Gasteiger partial charge is 0.308 e. The Labute approximate surface area is 103 Å². The number of rotatable bonds is 2. The second-order valence-electron chi connectivity index (χ2n) is 6.08. The molecule has 3 nitrogen and oxygen atoms in total. The summed E-state index contributed by atoms with van der Waals surface area (Å²) in [4.78, 5) is 13.9. The maximum atomic E-state index is 11.3. The molecular formula is C14H23NO2. The van der Waals surface area contributed by atoms with Gasteiger partial charge in [-0.25, -0.2) is 0 Å². The SMILES string of the molecule is O=C(O)C1CCCC1N1CCC2CCCCC21. The third-order valence-corrected chi connectivity index (χ3v) is 5.28. The Balaban J connectivity index is 1.73. The molecule has 1 N–H and O–H groups in total. The molecular weight excluding hydrogens is 214 g/mol. The molecule has 3 fully saturated rings. The van der Waals surface area contributed by atoms with Crippen LogP contribution in [0.15, 0.2) is 0 Å². The van der Waals surface area contributed by atoms with Crippen molar-refractivity contribution in [2.45, 2.75) is 63.5 Å². The fraction of sp³-hybridized carbons (Fsp3) is 0.929. The monoisotopic (exact) mass is 237 g/mol. The van der Waals surface area contributed by atoms with Gasteiger partial charge < -0.3 is 5.11 Å². The van der Waals surface area contributed by atoms with Crippen molar-refractivity contribution in [3.63, 3.8) is 0 Å². The molecule has 1 heterocycles. The highest BCUT2D eigenvalue weighted by molar-refractivity contribution is 5.71. The zero-order chi connectivity index (χ0) is 11.8. The molecule has 3 aliphatic rings. The van der Waals surface area contributed by atoms with Gasteiger partial charge in [0.2, 0.25) is 0 Å². The Morgan fingerprint density at radius 2 is 1.71 bits per heavy atom. The average Bonchev–Trinajstić information content (AvgIpc) is 2.94. The van der Waals surface area contributed by atoms with Gasteiger partial charge in [-0.05, 0) is 44.6 Å². The molecule has 0 aromatic rings. The number of fused-ring (bicyclic) bond motifs is 1. The van der Waals surface area contributed by atoms with Crippen molar-refractivity contribution in [3.8, 4) is 0 Å². The van der Waals surface area contributed by atoms with E-state index in [1.54, 1.807) is 0 Å². The lowest BCUT2D eigenvalue weighted by Crippen LogP contribution is -2.45. The lowest BCUT2D eigenvalue weighted by atomic mass is 9.84. The molecule has 2 aliphatic carbocycles. The van der Waals surface area contributed by atoms with Crippen molar-refractivity contribution in [1.29, 1.82) is 0 Å². The van der Waals surface area contributed by atoms with E-state index in [0.29, 0.717) is 12.1 Å². The summed E-state index contributed by atoms with van der Waals surface area (Å²) in [6.45, 7) is 1.16. The summed E-state index contributed by atoms with van der Waals surface area (Å²) < 4.78 is 0. The van der Waals surface area contributed by atoms with Gasteiger partial charge in [-0.15, -0.1) is 0 Å². The number of carboxylic acid groups (broad SMARTS) is 1. The predicted molar refractivity (Wildman–Crippen MR) is 65.8 cm³/mol. The van der Waals surface area contributed by atoms with Gasteiger partial charge in [0.25, 0.3) is 0 Å². The lowest BCUT2D eigenvalue weighted by molar-refractivity contribution is -0.143. The van der Waals surface area contributed by atoms with Crippen molar-refractivity contribution in [2.24, 2.45) is 11.8 Å². The van der Waals surface area contributed by atoms with Crippen molar-refractivity contribution in [3.05, 3.63) is 0 Å². The Hall–Kier alpha value is -0.570. The van der Waals surface area contributed by atoms with Crippen LogP contribution < -0.4 is 0 Å². The minimum Gasteiger partial charge on any atom is -0.481 e. The number of likely N-dealkylation sites (tertiary alicyclic amines) is 1. The fourth-order valence-electron chi connectivity index (χ4n) is 4.48. The third-order valence-electron chi connectivity index (χ3n) is 5.28. The minimum absolute atomic E-state index is 0.0873. The first kappa shape index (κ1) is 11.5. The van der Waals surface area contributed by atoms with Crippen LogP contribution in [0, 0.1) is 11.8 Å². The average molecular weight is 237 g/mol. The van der Waals surface area contributed by atoms with E-state index in [1.807, 2.05) is 0 Å². The largest absolute Gasteiger partial charge is 0.481 e. The first-order valence-corrected chi connectivity index (χ1v) is 7.26. The van der Waals surface area contributed by atoms with E-state index >= 15 is 0 Å². The molecule has 17 heavy (non-hydrogen) atoms. The number of carbonyl (C=O) groups is 1. The standard InChI is InChI=1S/C14H23NO2/c16-14(17)11-5-3-7-13(11)15-9-8-10-4-1-2-6-12(10)15/h10-13H,1-9H2,(H,16,17). The molecule has 3 rings (SSSR count). The van der Waals surface area contributed by atoms with E-state index in [9.17, 15) is 9.90 Å². The van der Waals surface area contributed by atoms with Crippen LogP contribution in [-0.4, -0.2) is 34.6 Å². The van der Waals surface area contributed by atoms with Gasteiger partial charge in [0.15, 0.2) is 0 Å². The van der Waals surface area contributed by atoms with Crippen LogP contribution in [0.5, 0.6) is 0 Å². The van der Waals surface area contributed by atoms with Crippen LogP contribution in [0.25, 0.3) is 0 Å². The minimum atomic E-state index is -0.563. The molecule has 0 radical (unpaired) electrons. The molecule has 96 valence electrons. The lowest BCUT2D eigenvalue weighted by Gasteiger charge is -2.37. The van der Waals surface area contributed by atoms with Crippen molar-refractivity contribution in [2.75, 3.05) is 6.54 Å². The van der Waals surface area contributed by atoms with E-state index in [2.05, 4.69) is 4.90 Å². The topological polar surface area (TPSA) is 40.5 Å². The second-order valence-corrected chi connectivity index (χ2v) is 6.08. The molecule has 0 aromatic carbocycles. The molecule has 3 heteroatoms. The molecule has 0 spiro atoms. The van der Waals surface area contributed by atoms with Gasteiger partial charge in [0.1, 0.15) is 0 Å². The van der Waals surface area contributed by atoms with E-state index in [4.69, 9.17) is 0 Å². The summed E-state index contributed by atoms with van der Waals surface area (Å²) in [6.07, 6.45) is 9.86. The second kappa shape index (κ2) is 4.60. The van der Waals surface area contributed by atoms with E-state index in [-0.39, 0.29) is 5.92 Å². The summed E-state index contributed by atoms with van der Waals surface area (Å²) in [5.41, 5.74) is 0. The summed E-state index contributed by atoms with van der Waals surface area (Å²) >= 11 is 0. The summed E-state index contributed by atoms with van der Waals surface area (Å²) in [7, 11) is 0. The Bertz CT molecular complexity index is 305. The first-order chi connectivity index (χ1) is 8.27. The quantitative estimate of drug-likeness (QED) is 0.802. The van der Waals surface area contributed by atoms with Gasteiger partial charge >= 0.3 is 5.97 Å². The highest BCUT2D eigenvalue weighted by Crippen LogP contribution is 2.41. The van der Waals surface area contributed by atoms with Gasteiger partial charge in [0.05, 0.1) is 5.92 Å². The summed E-state index contributed by atoms with van der Waals surface area (Å²) in [6, 6.07) is 1.06. The predicted octanol–water partition coefficient (Wildman–Crippen LogP) is 2.50. The van der Waals surface area contributed by atoms with Crippen LogP contribution >= 0.6 is 0 Å². The number of aliphatic carboxylic acids is 1. The maximum Gasteiger partial charge on any atom is 0.308 e. The molecule has 1 saturated heterocycles. The molecule has 0 amide bonds. The normalized spacial score (nSPS) is 42.6. The van der Waals surface area contributed by atoms with Crippen LogP contribution in [0.4, 0.5) is 0 Å². The zero-order valence-corrected chi connectivity index (χ0v) is 10.5. The molecule has 0 aromatic heterocycles. The van der Waals surface area contributed by atoms with Crippen molar-refractivity contribution < 1.29 is 9.90 Å². The van der Waals surface area contributed by atoms with E-state index < -0.39 is 5.97 Å². The molecule has 2 saturated carbocycles. The maximum absolute atomic E-state index is 11.3. The van der Waals surface area contributed by atoms with Crippen molar-refractivity contribution in [1.82, 2.24) is 4.90 Å². The summed E-state index contributed by atoms with van der Waals surface area (Å²) in [5.74, 6) is 0.223. The Morgan fingerprint density at radius 1 is 0.941 bits per heavy atom. The molecule has 4 unspecified atom stereocenters. The van der Waals surface area contributed by atoms with Gasteiger partial charge in [0, 0.05) is 12.1 Å². The third kappa shape index (κ3) is 1.99. The Morgan fingerprint density at radius 3 is 2.53 bits per heavy atom. The number of hydrogen-bond donors (Lipinski definition) is 1. The summed E-state index contributed by atoms with van der Waals surface area (Å²) in [5, 5.41) is 9.31. The number of carboxylic acids is 1. The van der Waals surface area contributed by atoms with Crippen LogP contribution in [0.3, 0.4) is 0 Å². The highest BCUT2D eigenvalue weighted by atomic mass is 16.4. The van der Waals surface area contributed by atoms with E-state index in [0.717, 1.165) is 31.7 Å². The number of nitrogens with zero attached hydrogens (tertiary/aromatic N) is 1.